The second-order valence-corrected chi connectivity index (χ2v) is 5.19. The Balaban J connectivity index is 2.25. The molecule has 0 saturated carbocycles. The molecule has 2 rings (SSSR count). The third kappa shape index (κ3) is 3.08. The van der Waals surface area contributed by atoms with E-state index in [4.69, 9.17) is 17.3 Å². The molecule has 0 aliphatic carbocycles. The number of nitrogens with zero attached hydrogens (tertiary/aromatic N) is 2. The molecule has 1 amide bonds. The fourth-order valence-electron chi connectivity index (χ4n) is 1.55. The first-order chi connectivity index (χ1) is 9.01. The molecule has 0 aliphatic rings. The van der Waals surface area contributed by atoms with Crippen LogP contribution in [0, 0.1) is 0 Å². The van der Waals surface area contributed by atoms with Crippen LogP contribution in [0.3, 0.4) is 0 Å². The molecule has 0 atom stereocenters. The van der Waals surface area contributed by atoms with E-state index in [1.807, 2.05) is 6.92 Å². The average molecular weight is 344 g/mol. The van der Waals surface area contributed by atoms with Crippen molar-refractivity contribution in [3.05, 3.63) is 39.6 Å². The van der Waals surface area contributed by atoms with Crippen molar-refractivity contribution in [2.24, 2.45) is 0 Å². The van der Waals surface area contributed by atoms with Crippen LogP contribution in [-0.2, 0) is 6.54 Å². The number of amides is 1. The quantitative estimate of drug-likeness (QED) is 0.899. The summed E-state index contributed by atoms with van der Waals surface area (Å²) >= 11 is 9.33. The SMILES string of the molecule is CCn1cc(N)c(C(=O)Nc2cc(Br)ccc2Cl)n1. The van der Waals surface area contributed by atoms with Crippen LogP contribution in [0.25, 0.3) is 0 Å². The zero-order chi connectivity index (χ0) is 14.0. The van der Waals surface area contributed by atoms with Gasteiger partial charge in [0.05, 0.1) is 16.4 Å². The fraction of sp³-hybridized carbons (Fsp3) is 0.167. The Morgan fingerprint density at radius 3 is 2.95 bits per heavy atom. The summed E-state index contributed by atoms with van der Waals surface area (Å²) < 4.78 is 2.42. The minimum Gasteiger partial charge on any atom is -0.396 e. The summed E-state index contributed by atoms with van der Waals surface area (Å²) in [5.41, 5.74) is 6.79. The monoisotopic (exact) mass is 342 g/mol. The van der Waals surface area contributed by atoms with E-state index in [0.29, 0.717) is 22.9 Å². The van der Waals surface area contributed by atoms with Gasteiger partial charge in [0.1, 0.15) is 0 Å². The summed E-state index contributed by atoms with van der Waals surface area (Å²) in [6.45, 7) is 2.56. The van der Waals surface area contributed by atoms with Crippen LogP contribution in [0.15, 0.2) is 28.9 Å². The van der Waals surface area contributed by atoms with Crippen molar-refractivity contribution in [3.63, 3.8) is 0 Å². The molecule has 1 heterocycles. The molecular formula is C12H12BrClN4O. The molecule has 100 valence electrons. The highest BCUT2D eigenvalue weighted by atomic mass is 79.9. The van der Waals surface area contributed by atoms with E-state index in [1.165, 1.54) is 0 Å². The summed E-state index contributed by atoms with van der Waals surface area (Å²) in [4.78, 5) is 12.1. The molecule has 0 radical (unpaired) electrons. The topological polar surface area (TPSA) is 72.9 Å². The number of aryl methyl sites for hydroxylation is 1. The highest BCUT2D eigenvalue weighted by molar-refractivity contribution is 9.10. The van der Waals surface area contributed by atoms with Gasteiger partial charge in [-0.1, -0.05) is 27.5 Å². The number of aromatic nitrogens is 2. The molecule has 0 spiro atoms. The summed E-state index contributed by atoms with van der Waals surface area (Å²) in [6.07, 6.45) is 1.62. The van der Waals surface area contributed by atoms with Gasteiger partial charge in [-0.25, -0.2) is 0 Å². The molecule has 0 aliphatic heterocycles. The highest BCUT2D eigenvalue weighted by Gasteiger charge is 2.16. The normalized spacial score (nSPS) is 10.5. The van der Waals surface area contributed by atoms with E-state index in [0.717, 1.165) is 4.47 Å². The van der Waals surface area contributed by atoms with Crippen LogP contribution in [-0.4, -0.2) is 15.7 Å². The minimum atomic E-state index is -0.385. The first-order valence-electron chi connectivity index (χ1n) is 5.60. The lowest BCUT2D eigenvalue weighted by atomic mass is 10.3. The van der Waals surface area contributed by atoms with E-state index in [1.54, 1.807) is 29.1 Å². The van der Waals surface area contributed by atoms with Gasteiger partial charge in [0.2, 0.25) is 0 Å². The summed E-state index contributed by atoms with van der Waals surface area (Å²) in [6, 6.07) is 5.20. The molecule has 5 nitrogen and oxygen atoms in total. The van der Waals surface area contributed by atoms with Crippen LogP contribution in [0.4, 0.5) is 11.4 Å². The summed E-state index contributed by atoms with van der Waals surface area (Å²) in [5, 5.41) is 7.24. The second kappa shape index (κ2) is 5.63. The Morgan fingerprint density at radius 1 is 1.58 bits per heavy atom. The van der Waals surface area contributed by atoms with Crippen molar-refractivity contribution in [3.8, 4) is 0 Å². The molecule has 7 heteroatoms. The summed E-state index contributed by atoms with van der Waals surface area (Å²) in [7, 11) is 0. The number of nitrogens with one attached hydrogen (secondary N) is 1. The number of anilines is 2. The number of halogens is 2. The van der Waals surface area contributed by atoms with Crippen LogP contribution in [0.5, 0.6) is 0 Å². The third-order valence-corrected chi connectivity index (χ3v) is 3.33. The van der Waals surface area contributed by atoms with Gasteiger partial charge in [0.15, 0.2) is 5.69 Å². The smallest absolute Gasteiger partial charge is 0.278 e. The largest absolute Gasteiger partial charge is 0.396 e. The third-order valence-electron chi connectivity index (χ3n) is 2.51. The van der Waals surface area contributed by atoms with Crippen LogP contribution < -0.4 is 11.1 Å². The van der Waals surface area contributed by atoms with Gasteiger partial charge in [-0.05, 0) is 25.1 Å². The Bertz CT molecular complexity index is 626. The fourth-order valence-corrected chi connectivity index (χ4v) is 2.08. The first-order valence-corrected chi connectivity index (χ1v) is 6.77. The standard InChI is InChI=1S/C12H12BrClN4O/c1-2-18-6-9(15)11(17-18)12(19)16-10-5-7(13)3-4-8(10)14/h3-6H,2,15H2,1H3,(H,16,19). The molecule has 1 aromatic heterocycles. The van der Waals surface area contributed by atoms with Crippen molar-refractivity contribution < 1.29 is 4.79 Å². The number of hydrogen-bond acceptors (Lipinski definition) is 3. The average Bonchev–Trinajstić information content (AvgIpc) is 2.75. The highest BCUT2D eigenvalue weighted by Crippen LogP contribution is 2.26. The number of nitrogen functional groups attached to an aromatic ring is 1. The van der Waals surface area contributed by atoms with Crippen molar-refractivity contribution in [2.45, 2.75) is 13.5 Å². The molecule has 0 unspecified atom stereocenters. The van der Waals surface area contributed by atoms with E-state index in [2.05, 4.69) is 26.3 Å². The van der Waals surface area contributed by atoms with Crippen LogP contribution in [0.1, 0.15) is 17.4 Å². The number of rotatable bonds is 3. The number of nitrogens with two attached hydrogens (primary N) is 1. The Labute approximate surface area is 123 Å². The molecule has 3 N–H and O–H groups in total. The molecular weight excluding hydrogens is 332 g/mol. The Morgan fingerprint density at radius 2 is 2.32 bits per heavy atom. The number of hydrogen-bond donors (Lipinski definition) is 2. The molecule has 2 aromatic rings. The van der Waals surface area contributed by atoms with Crippen LogP contribution in [0.2, 0.25) is 5.02 Å². The zero-order valence-electron chi connectivity index (χ0n) is 10.2. The summed E-state index contributed by atoms with van der Waals surface area (Å²) in [5.74, 6) is -0.385. The van der Waals surface area contributed by atoms with Crippen molar-refractivity contribution >= 4 is 44.8 Å². The Kier molecular flexibility index (Phi) is 4.11. The van der Waals surface area contributed by atoms with E-state index in [9.17, 15) is 4.79 Å². The van der Waals surface area contributed by atoms with Gasteiger partial charge >= 0.3 is 0 Å². The number of carbonyl (C=O) groups is 1. The zero-order valence-corrected chi connectivity index (χ0v) is 12.5. The molecule has 0 saturated heterocycles. The maximum atomic E-state index is 12.1. The van der Waals surface area contributed by atoms with Crippen molar-refractivity contribution in [2.75, 3.05) is 11.1 Å². The maximum Gasteiger partial charge on any atom is 0.278 e. The molecule has 19 heavy (non-hydrogen) atoms. The minimum absolute atomic E-state index is 0.192. The van der Waals surface area contributed by atoms with Gasteiger partial charge in [0.25, 0.3) is 5.91 Å². The van der Waals surface area contributed by atoms with Gasteiger partial charge < -0.3 is 11.1 Å². The molecule has 0 bridgehead atoms. The molecule has 1 aromatic carbocycles. The lowest BCUT2D eigenvalue weighted by molar-refractivity contribution is 0.102. The molecule has 0 fully saturated rings. The Hall–Kier alpha value is -1.53. The van der Waals surface area contributed by atoms with Gasteiger partial charge in [0, 0.05) is 17.2 Å². The van der Waals surface area contributed by atoms with Gasteiger partial charge in [-0.15, -0.1) is 0 Å². The lowest BCUT2D eigenvalue weighted by Crippen LogP contribution is -2.15. The predicted octanol–water partition coefficient (Wildman–Crippen LogP) is 3.15. The maximum absolute atomic E-state index is 12.1. The van der Waals surface area contributed by atoms with E-state index < -0.39 is 0 Å². The number of benzene rings is 1. The van der Waals surface area contributed by atoms with Gasteiger partial charge in [-0.2, -0.15) is 5.10 Å². The second-order valence-electron chi connectivity index (χ2n) is 3.87. The van der Waals surface area contributed by atoms with E-state index in [-0.39, 0.29) is 11.6 Å². The van der Waals surface area contributed by atoms with Crippen LogP contribution >= 0.6 is 27.5 Å². The number of carbonyl (C=O) groups excluding carboxylic acids is 1. The van der Waals surface area contributed by atoms with Gasteiger partial charge in [-0.3, -0.25) is 9.48 Å². The first kappa shape index (κ1) is 13.9. The van der Waals surface area contributed by atoms with Crippen molar-refractivity contribution in [1.82, 2.24) is 9.78 Å². The van der Waals surface area contributed by atoms with E-state index >= 15 is 0 Å². The lowest BCUT2D eigenvalue weighted by Gasteiger charge is -2.06. The van der Waals surface area contributed by atoms with Crippen molar-refractivity contribution in [1.29, 1.82) is 0 Å². The predicted molar refractivity (Wildman–Crippen MR) is 79.4 cm³/mol.